The molecule has 88 valence electrons. The lowest BCUT2D eigenvalue weighted by Gasteiger charge is -2.26. The van der Waals surface area contributed by atoms with Gasteiger partial charge in [-0.15, -0.1) is 0 Å². The predicted molar refractivity (Wildman–Crippen MR) is 65.7 cm³/mol. The Morgan fingerprint density at radius 1 is 1.50 bits per heavy atom. The van der Waals surface area contributed by atoms with Crippen molar-refractivity contribution < 1.29 is 4.79 Å². The normalized spacial score (nSPS) is 10.6. The van der Waals surface area contributed by atoms with Crippen LogP contribution >= 0.6 is 11.6 Å². The lowest BCUT2D eigenvalue weighted by atomic mass is 10.1. The maximum Gasteiger partial charge on any atom is 0.254 e. The molecule has 0 radical (unpaired) electrons. The van der Waals surface area contributed by atoms with Crippen molar-refractivity contribution in [3.05, 3.63) is 29.0 Å². The van der Waals surface area contributed by atoms with Gasteiger partial charge in [0.05, 0.1) is 0 Å². The van der Waals surface area contributed by atoms with Crippen molar-refractivity contribution in [3.8, 4) is 0 Å². The van der Waals surface area contributed by atoms with Crippen molar-refractivity contribution in [3.63, 3.8) is 0 Å². The quantitative estimate of drug-likeness (QED) is 0.758. The minimum Gasteiger partial charge on any atom is -0.339 e. The highest BCUT2D eigenvalue weighted by molar-refractivity contribution is 6.29. The van der Waals surface area contributed by atoms with Gasteiger partial charge in [0.2, 0.25) is 0 Å². The van der Waals surface area contributed by atoms with Crippen LogP contribution in [0.1, 0.15) is 37.0 Å². The van der Waals surface area contributed by atoms with Gasteiger partial charge in [0.1, 0.15) is 5.15 Å². The zero-order valence-electron chi connectivity index (χ0n) is 9.90. The summed E-state index contributed by atoms with van der Waals surface area (Å²) in [6.45, 7) is 4.16. The van der Waals surface area contributed by atoms with E-state index in [-0.39, 0.29) is 11.9 Å². The Morgan fingerprint density at radius 2 is 2.12 bits per heavy atom. The SMILES string of the molecule is CCC(CC)N(C)C(=O)c1ccnc(Cl)c1. The second-order valence-electron chi connectivity index (χ2n) is 3.75. The van der Waals surface area contributed by atoms with E-state index in [9.17, 15) is 4.79 Å². The molecule has 1 heterocycles. The number of aromatic nitrogens is 1. The van der Waals surface area contributed by atoms with E-state index in [0.29, 0.717) is 10.7 Å². The molecule has 4 heteroatoms. The zero-order chi connectivity index (χ0) is 12.1. The second kappa shape index (κ2) is 5.85. The van der Waals surface area contributed by atoms with Crippen LogP contribution in [0.25, 0.3) is 0 Å². The van der Waals surface area contributed by atoms with Gasteiger partial charge >= 0.3 is 0 Å². The standard InChI is InChI=1S/C12H17ClN2O/c1-4-10(5-2)15(3)12(16)9-6-7-14-11(13)8-9/h6-8,10H,4-5H2,1-3H3. The summed E-state index contributed by atoms with van der Waals surface area (Å²) in [6.07, 6.45) is 3.46. The summed E-state index contributed by atoms with van der Waals surface area (Å²) in [6, 6.07) is 3.56. The molecule has 0 saturated heterocycles. The number of nitrogens with zero attached hydrogens (tertiary/aromatic N) is 2. The molecule has 0 N–H and O–H groups in total. The second-order valence-corrected chi connectivity index (χ2v) is 4.14. The molecular formula is C12H17ClN2O. The molecule has 0 atom stereocenters. The number of hydrogen-bond acceptors (Lipinski definition) is 2. The molecule has 16 heavy (non-hydrogen) atoms. The lowest BCUT2D eigenvalue weighted by Crippen LogP contribution is -2.36. The van der Waals surface area contributed by atoms with Crippen molar-refractivity contribution in [2.75, 3.05) is 7.05 Å². The molecule has 1 rings (SSSR count). The number of carbonyl (C=O) groups is 1. The third kappa shape index (κ3) is 2.95. The summed E-state index contributed by atoms with van der Waals surface area (Å²) in [5, 5.41) is 0.351. The van der Waals surface area contributed by atoms with Crippen molar-refractivity contribution in [2.45, 2.75) is 32.7 Å². The first-order chi connectivity index (χ1) is 7.60. The fourth-order valence-electron chi connectivity index (χ4n) is 1.74. The van der Waals surface area contributed by atoms with Gasteiger partial charge < -0.3 is 4.90 Å². The van der Waals surface area contributed by atoms with E-state index < -0.39 is 0 Å². The predicted octanol–water partition coefficient (Wildman–Crippen LogP) is 3.00. The molecule has 0 aromatic carbocycles. The molecule has 0 spiro atoms. The fourth-order valence-corrected chi connectivity index (χ4v) is 1.92. The van der Waals surface area contributed by atoms with E-state index in [0.717, 1.165) is 12.8 Å². The molecule has 0 unspecified atom stereocenters. The molecule has 1 aromatic heterocycles. The van der Waals surface area contributed by atoms with Crippen molar-refractivity contribution in [1.29, 1.82) is 0 Å². The first-order valence-electron chi connectivity index (χ1n) is 5.48. The Bertz CT molecular complexity index is 364. The number of halogens is 1. The van der Waals surface area contributed by atoms with Crippen LogP contribution in [0.4, 0.5) is 0 Å². The number of pyridine rings is 1. The van der Waals surface area contributed by atoms with Crippen molar-refractivity contribution >= 4 is 17.5 Å². The van der Waals surface area contributed by atoms with Crippen LogP contribution in [-0.2, 0) is 0 Å². The minimum atomic E-state index is -0.00185. The van der Waals surface area contributed by atoms with E-state index >= 15 is 0 Å². The zero-order valence-corrected chi connectivity index (χ0v) is 10.7. The highest BCUT2D eigenvalue weighted by Crippen LogP contribution is 2.13. The average Bonchev–Trinajstić information content (AvgIpc) is 2.29. The molecule has 0 fully saturated rings. The van der Waals surface area contributed by atoms with Gasteiger partial charge in [-0.3, -0.25) is 4.79 Å². The van der Waals surface area contributed by atoms with Crippen LogP contribution in [0.2, 0.25) is 5.15 Å². The average molecular weight is 241 g/mol. The highest BCUT2D eigenvalue weighted by Gasteiger charge is 2.18. The van der Waals surface area contributed by atoms with Gasteiger partial charge in [0.25, 0.3) is 5.91 Å². The molecule has 0 saturated carbocycles. The van der Waals surface area contributed by atoms with Gasteiger partial charge in [-0.05, 0) is 25.0 Å². The summed E-state index contributed by atoms with van der Waals surface area (Å²) in [5.41, 5.74) is 0.592. The summed E-state index contributed by atoms with van der Waals surface area (Å²) in [7, 11) is 1.83. The Labute approximate surface area is 101 Å². The summed E-state index contributed by atoms with van der Waals surface area (Å²) in [5.74, 6) is -0.00185. The Balaban J connectivity index is 2.85. The van der Waals surface area contributed by atoms with E-state index in [2.05, 4.69) is 18.8 Å². The van der Waals surface area contributed by atoms with Gasteiger partial charge in [0, 0.05) is 24.8 Å². The third-order valence-electron chi connectivity index (χ3n) is 2.78. The fraction of sp³-hybridized carbons (Fsp3) is 0.500. The maximum absolute atomic E-state index is 12.1. The van der Waals surface area contributed by atoms with E-state index in [4.69, 9.17) is 11.6 Å². The molecule has 1 amide bonds. The molecule has 3 nitrogen and oxygen atoms in total. The van der Waals surface area contributed by atoms with Crippen molar-refractivity contribution in [1.82, 2.24) is 9.88 Å². The van der Waals surface area contributed by atoms with Crippen LogP contribution in [-0.4, -0.2) is 28.9 Å². The van der Waals surface area contributed by atoms with Crippen LogP contribution < -0.4 is 0 Å². The molecule has 0 bridgehead atoms. The summed E-state index contributed by atoms with van der Waals surface area (Å²) >= 11 is 5.76. The summed E-state index contributed by atoms with van der Waals surface area (Å²) in [4.78, 5) is 17.7. The highest BCUT2D eigenvalue weighted by atomic mass is 35.5. The van der Waals surface area contributed by atoms with Crippen LogP contribution in [0.5, 0.6) is 0 Å². The van der Waals surface area contributed by atoms with Crippen molar-refractivity contribution in [2.24, 2.45) is 0 Å². The first kappa shape index (κ1) is 13.0. The van der Waals surface area contributed by atoms with Gasteiger partial charge in [-0.2, -0.15) is 0 Å². The Hall–Kier alpha value is -1.09. The topological polar surface area (TPSA) is 33.2 Å². The number of amides is 1. The third-order valence-corrected chi connectivity index (χ3v) is 2.99. The maximum atomic E-state index is 12.1. The number of carbonyl (C=O) groups excluding carboxylic acids is 1. The van der Waals surface area contributed by atoms with Gasteiger partial charge in [0.15, 0.2) is 0 Å². The molecule has 0 aliphatic heterocycles. The van der Waals surface area contributed by atoms with Gasteiger partial charge in [-0.25, -0.2) is 4.98 Å². The monoisotopic (exact) mass is 240 g/mol. The summed E-state index contributed by atoms with van der Waals surface area (Å²) < 4.78 is 0. The smallest absolute Gasteiger partial charge is 0.254 e. The molecule has 0 aliphatic rings. The Morgan fingerprint density at radius 3 is 2.62 bits per heavy atom. The van der Waals surface area contributed by atoms with Crippen LogP contribution in [0.15, 0.2) is 18.3 Å². The molecular weight excluding hydrogens is 224 g/mol. The number of hydrogen-bond donors (Lipinski definition) is 0. The largest absolute Gasteiger partial charge is 0.339 e. The Kier molecular flexibility index (Phi) is 4.74. The molecule has 0 aliphatic carbocycles. The minimum absolute atomic E-state index is 0.00185. The van der Waals surface area contributed by atoms with E-state index in [1.54, 1.807) is 23.2 Å². The van der Waals surface area contributed by atoms with E-state index in [1.807, 2.05) is 7.05 Å². The first-order valence-corrected chi connectivity index (χ1v) is 5.86. The lowest BCUT2D eigenvalue weighted by molar-refractivity contribution is 0.0723. The van der Waals surface area contributed by atoms with E-state index in [1.165, 1.54) is 0 Å². The van der Waals surface area contributed by atoms with Crippen LogP contribution in [0.3, 0.4) is 0 Å². The van der Waals surface area contributed by atoms with Crippen LogP contribution in [0, 0.1) is 0 Å². The number of rotatable bonds is 4. The molecule has 1 aromatic rings. The van der Waals surface area contributed by atoms with Gasteiger partial charge in [-0.1, -0.05) is 25.4 Å².